The van der Waals surface area contributed by atoms with Gasteiger partial charge in [-0.05, 0) is 36.1 Å². The van der Waals surface area contributed by atoms with E-state index in [1.54, 1.807) is 12.1 Å². The van der Waals surface area contributed by atoms with Crippen LogP contribution >= 0.6 is 0 Å². The third-order valence-electron chi connectivity index (χ3n) is 4.84. The Morgan fingerprint density at radius 3 is 2.54 bits per heavy atom. The molecule has 0 spiro atoms. The Balaban J connectivity index is 1.43. The summed E-state index contributed by atoms with van der Waals surface area (Å²) in [5.41, 5.74) is 3.10. The largest absolute Gasteiger partial charge is 0.365 e. The zero-order valence-corrected chi connectivity index (χ0v) is 13.3. The van der Waals surface area contributed by atoms with Gasteiger partial charge in [-0.25, -0.2) is 4.98 Å². The molecule has 5 heteroatoms. The normalized spacial score (nSPS) is 20.0. The van der Waals surface area contributed by atoms with Gasteiger partial charge >= 0.3 is 0 Å². The number of pyridine rings is 1. The van der Waals surface area contributed by atoms with Gasteiger partial charge in [0.25, 0.3) is 0 Å². The average Bonchev–Trinajstić information content (AvgIpc) is 3.18. The number of benzene rings is 1. The minimum atomic E-state index is 0.0441. The maximum Gasteiger partial charge on any atom is 0.225 e. The maximum absolute atomic E-state index is 12.4. The smallest absolute Gasteiger partial charge is 0.225 e. The van der Waals surface area contributed by atoms with Crippen molar-refractivity contribution in [3.63, 3.8) is 0 Å². The second-order valence-corrected chi connectivity index (χ2v) is 6.44. The third kappa shape index (κ3) is 2.71. The van der Waals surface area contributed by atoms with Gasteiger partial charge in [0.15, 0.2) is 0 Å². The first-order valence-corrected chi connectivity index (χ1v) is 8.23. The monoisotopic (exact) mass is 318 g/mol. The predicted octanol–water partition coefficient (Wildman–Crippen LogP) is 2.13. The van der Waals surface area contributed by atoms with Crippen molar-refractivity contribution in [2.75, 3.05) is 11.9 Å². The van der Waals surface area contributed by atoms with Crippen LogP contribution < -0.4 is 5.32 Å². The summed E-state index contributed by atoms with van der Waals surface area (Å²) in [4.78, 5) is 18.7. The molecule has 1 saturated heterocycles. The molecule has 0 bridgehead atoms. The molecule has 1 N–H and O–H groups in total. The second kappa shape index (κ2) is 5.97. The number of anilines is 1. The number of hydrogen-bond donors (Lipinski definition) is 1. The van der Waals surface area contributed by atoms with Crippen LogP contribution in [0.4, 0.5) is 5.82 Å². The summed E-state index contributed by atoms with van der Waals surface area (Å²) >= 11 is 0. The van der Waals surface area contributed by atoms with Crippen molar-refractivity contribution in [3.05, 3.63) is 59.3 Å². The zero-order chi connectivity index (χ0) is 16.5. The molecular formula is C19H18N4O. The molecule has 2 aromatic rings. The van der Waals surface area contributed by atoms with Crippen molar-refractivity contribution < 1.29 is 4.79 Å². The SMILES string of the molecule is N#Cc1cccc(N[C@@H]2CC(=O)N(C3Cc4ccccc4C3)C2)n1. The number of hydrogen-bond acceptors (Lipinski definition) is 4. The van der Waals surface area contributed by atoms with E-state index in [-0.39, 0.29) is 18.0 Å². The quantitative estimate of drug-likeness (QED) is 0.941. The minimum Gasteiger partial charge on any atom is -0.365 e. The van der Waals surface area contributed by atoms with E-state index < -0.39 is 0 Å². The Labute approximate surface area is 140 Å². The predicted molar refractivity (Wildman–Crippen MR) is 90.3 cm³/mol. The molecule has 1 aromatic heterocycles. The van der Waals surface area contributed by atoms with Crippen LogP contribution in [-0.2, 0) is 17.6 Å². The number of carbonyl (C=O) groups excluding carboxylic acids is 1. The first-order chi connectivity index (χ1) is 11.7. The number of nitriles is 1. The second-order valence-electron chi connectivity index (χ2n) is 6.44. The van der Waals surface area contributed by atoms with Crippen LogP contribution in [0.3, 0.4) is 0 Å². The van der Waals surface area contributed by atoms with E-state index in [0.717, 1.165) is 12.8 Å². The lowest BCUT2D eigenvalue weighted by molar-refractivity contribution is -0.129. The molecule has 1 aliphatic carbocycles. The first kappa shape index (κ1) is 14.7. The van der Waals surface area contributed by atoms with Gasteiger partial charge in [-0.3, -0.25) is 4.79 Å². The molecule has 1 fully saturated rings. The molecule has 1 atom stereocenters. The Morgan fingerprint density at radius 2 is 1.83 bits per heavy atom. The lowest BCUT2D eigenvalue weighted by Gasteiger charge is -2.24. The van der Waals surface area contributed by atoms with Crippen molar-refractivity contribution >= 4 is 11.7 Å². The number of amides is 1. The van der Waals surface area contributed by atoms with E-state index >= 15 is 0 Å². The van der Waals surface area contributed by atoms with Gasteiger partial charge in [0, 0.05) is 19.0 Å². The van der Waals surface area contributed by atoms with Crippen LogP contribution in [-0.4, -0.2) is 34.4 Å². The molecule has 0 radical (unpaired) electrons. The first-order valence-electron chi connectivity index (χ1n) is 8.23. The number of fused-ring (bicyclic) bond motifs is 1. The van der Waals surface area contributed by atoms with E-state index in [9.17, 15) is 4.79 Å². The van der Waals surface area contributed by atoms with Gasteiger partial charge < -0.3 is 10.2 Å². The average molecular weight is 318 g/mol. The summed E-state index contributed by atoms with van der Waals surface area (Å²) in [6.07, 6.45) is 2.36. The number of nitrogens with one attached hydrogen (secondary N) is 1. The fraction of sp³-hybridized carbons (Fsp3) is 0.316. The Hall–Kier alpha value is -2.87. The molecular weight excluding hydrogens is 300 g/mol. The molecule has 0 unspecified atom stereocenters. The molecule has 120 valence electrons. The van der Waals surface area contributed by atoms with E-state index in [4.69, 9.17) is 5.26 Å². The van der Waals surface area contributed by atoms with E-state index in [1.807, 2.05) is 17.0 Å². The lowest BCUT2D eigenvalue weighted by Crippen LogP contribution is -2.38. The van der Waals surface area contributed by atoms with Crippen molar-refractivity contribution in [1.82, 2.24) is 9.88 Å². The van der Waals surface area contributed by atoms with Crippen molar-refractivity contribution in [1.29, 1.82) is 5.26 Å². The minimum absolute atomic E-state index is 0.0441. The zero-order valence-electron chi connectivity index (χ0n) is 13.3. The van der Waals surface area contributed by atoms with Crippen LogP contribution in [0.25, 0.3) is 0 Å². The topological polar surface area (TPSA) is 69.0 Å². The molecule has 4 rings (SSSR count). The molecule has 1 aliphatic heterocycles. The van der Waals surface area contributed by atoms with E-state index in [0.29, 0.717) is 24.5 Å². The number of carbonyl (C=O) groups is 1. The summed E-state index contributed by atoms with van der Waals surface area (Å²) in [6.45, 7) is 0.690. The third-order valence-corrected chi connectivity index (χ3v) is 4.84. The number of rotatable bonds is 3. The lowest BCUT2D eigenvalue weighted by atomic mass is 10.1. The van der Waals surface area contributed by atoms with E-state index in [1.165, 1.54) is 11.1 Å². The summed E-state index contributed by atoms with van der Waals surface area (Å²) in [7, 11) is 0. The highest BCUT2D eigenvalue weighted by Crippen LogP contribution is 2.28. The van der Waals surface area contributed by atoms with Gasteiger partial charge in [-0.15, -0.1) is 0 Å². The number of likely N-dealkylation sites (tertiary alicyclic amines) is 1. The summed E-state index contributed by atoms with van der Waals surface area (Å²) in [5, 5.41) is 12.2. The summed E-state index contributed by atoms with van der Waals surface area (Å²) in [6, 6.07) is 16.1. The van der Waals surface area contributed by atoms with Gasteiger partial charge in [0.2, 0.25) is 5.91 Å². The van der Waals surface area contributed by atoms with Gasteiger partial charge in [0.05, 0.1) is 6.04 Å². The Bertz CT molecular complexity index is 801. The van der Waals surface area contributed by atoms with Gasteiger partial charge in [-0.2, -0.15) is 5.26 Å². The highest BCUT2D eigenvalue weighted by atomic mass is 16.2. The molecule has 2 aliphatic rings. The molecule has 1 aromatic carbocycles. The summed E-state index contributed by atoms with van der Waals surface area (Å²) < 4.78 is 0. The fourth-order valence-corrected chi connectivity index (χ4v) is 3.72. The maximum atomic E-state index is 12.4. The van der Waals surface area contributed by atoms with Crippen LogP contribution in [0.2, 0.25) is 0 Å². The van der Waals surface area contributed by atoms with Crippen LogP contribution in [0.15, 0.2) is 42.5 Å². The molecule has 24 heavy (non-hydrogen) atoms. The van der Waals surface area contributed by atoms with Crippen molar-refractivity contribution in [3.8, 4) is 6.07 Å². The Morgan fingerprint density at radius 1 is 1.08 bits per heavy atom. The van der Waals surface area contributed by atoms with Gasteiger partial charge in [-0.1, -0.05) is 30.3 Å². The Kier molecular flexibility index (Phi) is 3.66. The number of aromatic nitrogens is 1. The van der Waals surface area contributed by atoms with Crippen LogP contribution in [0.1, 0.15) is 23.2 Å². The van der Waals surface area contributed by atoms with Crippen LogP contribution in [0.5, 0.6) is 0 Å². The molecule has 5 nitrogen and oxygen atoms in total. The van der Waals surface area contributed by atoms with Crippen molar-refractivity contribution in [2.24, 2.45) is 0 Å². The van der Waals surface area contributed by atoms with E-state index in [2.05, 4.69) is 34.6 Å². The summed E-state index contributed by atoms with van der Waals surface area (Å²) in [5.74, 6) is 0.852. The van der Waals surface area contributed by atoms with Crippen molar-refractivity contribution in [2.45, 2.75) is 31.3 Å². The highest BCUT2D eigenvalue weighted by Gasteiger charge is 2.37. The number of nitrogens with zero attached hydrogens (tertiary/aromatic N) is 3. The standard InChI is InChI=1S/C19H18N4O/c20-11-15-6-3-7-18(21-15)22-16-10-19(24)23(12-16)17-8-13-4-1-2-5-14(13)9-17/h1-7,16-17H,8-10,12H2,(H,21,22)/t16-/m1/s1. The molecule has 2 heterocycles. The molecule has 0 saturated carbocycles. The molecule has 1 amide bonds. The highest BCUT2D eigenvalue weighted by molar-refractivity contribution is 5.80. The van der Waals surface area contributed by atoms with Gasteiger partial charge in [0.1, 0.15) is 17.6 Å². The fourth-order valence-electron chi connectivity index (χ4n) is 3.72. The van der Waals surface area contributed by atoms with Crippen LogP contribution in [0, 0.1) is 11.3 Å².